The Kier molecular flexibility index (Phi) is 10.00. The van der Waals surface area contributed by atoms with E-state index in [9.17, 15) is 8.78 Å². The summed E-state index contributed by atoms with van der Waals surface area (Å²) in [6.45, 7) is 10.3. The zero-order valence-corrected chi connectivity index (χ0v) is 28.9. The molecule has 0 bridgehead atoms. The fourth-order valence-electron chi connectivity index (χ4n) is 8.89. The molecule has 0 spiro atoms. The highest BCUT2D eigenvalue weighted by molar-refractivity contribution is 5.36. The Morgan fingerprint density at radius 3 is 2.22 bits per heavy atom. The van der Waals surface area contributed by atoms with Crippen molar-refractivity contribution in [2.24, 2.45) is 17.8 Å². The van der Waals surface area contributed by atoms with E-state index in [4.69, 9.17) is 9.47 Å². The number of hydrogen-bond acceptors (Lipinski definition) is 4. The summed E-state index contributed by atoms with van der Waals surface area (Å²) in [5.41, 5.74) is 5.10. The molecule has 3 aliphatic rings. The lowest BCUT2D eigenvalue weighted by atomic mass is 9.76. The monoisotopic (exact) mass is 665 g/mol. The molecular formula is C42H49F2N3O2. The van der Waals surface area contributed by atoms with Gasteiger partial charge in [0.1, 0.15) is 35.6 Å². The van der Waals surface area contributed by atoms with E-state index >= 15 is 0 Å². The van der Waals surface area contributed by atoms with Gasteiger partial charge >= 0.3 is 0 Å². The van der Waals surface area contributed by atoms with E-state index in [-0.39, 0.29) is 12.5 Å². The molecule has 1 aromatic heterocycles. The maximum Gasteiger partial charge on any atom is 0.137 e. The molecule has 2 saturated carbocycles. The zero-order valence-electron chi connectivity index (χ0n) is 28.9. The minimum atomic E-state index is -0.980. The number of nitrogens with zero attached hydrogens (tertiary/aromatic N) is 3. The summed E-state index contributed by atoms with van der Waals surface area (Å²) >= 11 is 0. The van der Waals surface area contributed by atoms with Crippen LogP contribution in [0.4, 0.5) is 8.78 Å². The van der Waals surface area contributed by atoms with E-state index in [0.29, 0.717) is 48.9 Å². The van der Waals surface area contributed by atoms with Crippen LogP contribution in [0.25, 0.3) is 0 Å². The van der Waals surface area contributed by atoms with Crippen molar-refractivity contribution < 1.29 is 18.3 Å². The SMILES string of the molecule is C=C1[C@H](c2ccc(C3CCC(c4ccc(OC[C@@H]5CO[C@@](Cn6cncn6)(c6ccc(F)cc6F)C5)cc4)CC3)cc2)CC[C@H]1[C@@H](C)CC. The Balaban J connectivity index is 0.910. The summed E-state index contributed by atoms with van der Waals surface area (Å²) in [7, 11) is 0. The molecule has 0 amide bonds. The lowest BCUT2D eigenvalue weighted by Gasteiger charge is -2.29. The Hall–Kier alpha value is -3.84. The summed E-state index contributed by atoms with van der Waals surface area (Å²) in [5.74, 6) is 2.73. The topological polar surface area (TPSA) is 49.2 Å². The van der Waals surface area contributed by atoms with Gasteiger partial charge < -0.3 is 9.47 Å². The van der Waals surface area contributed by atoms with Crippen molar-refractivity contribution in [2.75, 3.05) is 13.2 Å². The van der Waals surface area contributed by atoms with Crippen LogP contribution in [0.1, 0.15) is 105 Å². The predicted octanol–water partition coefficient (Wildman–Crippen LogP) is 10.1. The summed E-state index contributed by atoms with van der Waals surface area (Å²) in [4.78, 5) is 4.02. The third-order valence-corrected chi connectivity index (χ3v) is 11.9. The van der Waals surface area contributed by atoms with Gasteiger partial charge in [-0.1, -0.05) is 74.9 Å². The molecule has 7 rings (SSSR count). The number of benzene rings is 3. The van der Waals surface area contributed by atoms with Crippen molar-refractivity contribution in [1.82, 2.24) is 14.8 Å². The molecule has 49 heavy (non-hydrogen) atoms. The van der Waals surface area contributed by atoms with Gasteiger partial charge in [0, 0.05) is 23.5 Å². The van der Waals surface area contributed by atoms with Crippen molar-refractivity contribution in [1.29, 1.82) is 0 Å². The number of ether oxygens (including phenoxy) is 2. The molecule has 0 unspecified atom stereocenters. The van der Waals surface area contributed by atoms with Crippen molar-refractivity contribution in [3.05, 3.63) is 125 Å². The van der Waals surface area contributed by atoms with Crippen LogP contribution in [0.2, 0.25) is 0 Å². The first-order valence-electron chi connectivity index (χ1n) is 18.2. The van der Waals surface area contributed by atoms with Gasteiger partial charge in [-0.15, -0.1) is 0 Å². The second-order valence-electron chi connectivity index (χ2n) is 14.9. The molecule has 4 aromatic rings. The third kappa shape index (κ3) is 7.23. The van der Waals surface area contributed by atoms with Gasteiger partial charge in [0.2, 0.25) is 0 Å². The van der Waals surface area contributed by atoms with E-state index < -0.39 is 17.2 Å². The molecule has 258 valence electrons. The largest absolute Gasteiger partial charge is 0.493 e. The van der Waals surface area contributed by atoms with Gasteiger partial charge in [-0.25, -0.2) is 18.4 Å². The second-order valence-corrected chi connectivity index (χ2v) is 14.9. The quantitative estimate of drug-likeness (QED) is 0.150. The number of hydrogen-bond donors (Lipinski definition) is 0. The van der Waals surface area contributed by atoms with Crippen LogP contribution < -0.4 is 4.74 Å². The molecule has 1 aliphatic heterocycles. The van der Waals surface area contributed by atoms with Crippen LogP contribution in [0.5, 0.6) is 5.75 Å². The van der Waals surface area contributed by atoms with Crippen LogP contribution in [0, 0.1) is 29.4 Å². The zero-order chi connectivity index (χ0) is 34.0. The maximum atomic E-state index is 15.0. The van der Waals surface area contributed by atoms with Crippen LogP contribution in [0.3, 0.4) is 0 Å². The Morgan fingerprint density at radius 2 is 1.59 bits per heavy atom. The summed E-state index contributed by atoms with van der Waals surface area (Å²) < 4.78 is 42.8. The molecule has 0 radical (unpaired) electrons. The number of allylic oxidation sites excluding steroid dienone is 1. The first-order chi connectivity index (χ1) is 23.8. The van der Waals surface area contributed by atoms with Gasteiger partial charge in [0.15, 0.2) is 0 Å². The van der Waals surface area contributed by atoms with E-state index in [2.05, 4.69) is 79.0 Å². The lowest BCUT2D eigenvalue weighted by molar-refractivity contribution is -0.0206. The standard InChI is InChI=1S/C42H49F2N3O2/c1-4-28(2)38-18-19-39(29(38)3)35-11-9-33(10-12-35)31-5-7-32(8-6-31)34-13-16-37(17-14-34)48-23-30-22-42(49-24-30,25-47-27-45-26-46-47)40-20-15-36(43)21-41(40)44/h9-17,20-21,26-28,30-32,38-39H,3-8,18-19,22-25H2,1-2H3/t28-,30+,31?,32?,38-,39+,42-/m0/s1. The van der Waals surface area contributed by atoms with Crippen LogP contribution >= 0.6 is 0 Å². The third-order valence-electron chi connectivity index (χ3n) is 11.9. The van der Waals surface area contributed by atoms with Gasteiger partial charge in [-0.2, -0.15) is 5.10 Å². The molecule has 5 nitrogen and oxygen atoms in total. The fourth-order valence-corrected chi connectivity index (χ4v) is 8.89. The predicted molar refractivity (Wildman–Crippen MR) is 189 cm³/mol. The normalized spacial score (nSPS) is 27.8. The van der Waals surface area contributed by atoms with Crippen molar-refractivity contribution in [2.45, 2.75) is 95.1 Å². The smallest absolute Gasteiger partial charge is 0.137 e. The number of rotatable bonds is 11. The highest BCUT2D eigenvalue weighted by Crippen LogP contribution is 2.47. The molecular weight excluding hydrogens is 616 g/mol. The van der Waals surface area contributed by atoms with Crippen LogP contribution in [-0.2, 0) is 16.9 Å². The van der Waals surface area contributed by atoms with Crippen molar-refractivity contribution >= 4 is 0 Å². The molecule has 2 aliphatic carbocycles. The van der Waals surface area contributed by atoms with E-state index in [0.717, 1.165) is 17.7 Å². The van der Waals surface area contributed by atoms with E-state index in [1.54, 1.807) is 11.0 Å². The lowest BCUT2D eigenvalue weighted by Crippen LogP contribution is -2.32. The molecule has 3 aromatic carbocycles. The molecule has 2 heterocycles. The van der Waals surface area contributed by atoms with Crippen LogP contribution in [0.15, 0.2) is 91.5 Å². The number of halogens is 2. The summed E-state index contributed by atoms with van der Waals surface area (Å²) in [5, 5.41) is 4.20. The van der Waals surface area contributed by atoms with Crippen LogP contribution in [-0.4, -0.2) is 28.0 Å². The highest BCUT2D eigenvalue weighted by Gasteiger charge is 2.44. The van der Waals surface area contributed by atoms with Gasteiger partial charge in [-0.05, 0) is 104 Å². The maximum absolute atomic E-state index is 15.0. The molecule has 7 heteroatoms. The Bertz CT molecular complexity index is 1700. The molecule has 1 saturated heterocycles. The highest BCUT2D eigenvalue weighted by atomic mass is 19.1. The van der Waals surface area contributed by atoms with Gasteiger partial charge in [0.05, 0.1) is 19.8 Å². The minimum Gasteiger partial charge on any atom is -0.493 e. The Morgan fingerprint density at radius 1 is 0.918 bits per heavy atom. The van der Waals surface area contributed by atoms with Gasteiger partial charge in [0.25, 0.3) is 0 Å². The fraction of sp³-hybridized carbons (Fsp3) is 0.476. The average Bonchev–Trinajstić information content (AvgIpc) is 3.88. The first kappa shape index (κ1) is 33.6. The minimum absolute atomic E-state index is 0.0376. The summed E-state index contributed by atoms with van der Waals surface area (Å²) in [6, 6.07) is 21.8. The average molecular weight is 666 g/mol. The Labute approximate surface area is 289 Å². The number of aromatic nitrogens is 3. The second kappa shape index (κ2) is 14.6. The molecule has 5 atom stereocenters. The molecule has 0 N–H and O–H groups in total. The molecule has 3 fully saturated rings. The summed E-state index contributed by atoms with van der Waals surface area (Å²) in [6.07, 6.45) is 12.1. The first-order valence-corrected chi connectivity index (χ1v) is 18.2. The van der Waals surface area contributed by atoms with Crippen molar-refractivity contribution in [3.8, 4) is 5.75 Å². The van der Waals surface area contributed by atoms with Crippen molar-refractivity contribution in [3.63, 3.8) is 0 Å². The van der Waals surface area contributed by atoms with E-state index in [1.807, 2.05) is 0 Å². The van der Waals surface area contributed by atoms with E-state index in [1.165, 1.54) is 85.7 Å². The van der Waals surface area contributed by atoms with Gasteiger partial charge in [-0.3, -0.25) is 0 Å².